The van der Waals surface area contributed by atoms with Crippen molar-refractivity contribution >= 4 is 31.4 Å². The van der Waals surface area contributed by atoms with E-state index < -0.39 is 20.0 Å². The molecule has 0 spiro atoms. The van der Waals surface area contributed by atoms with Gasteiger partial charge in [-0.15, -0.1) is 0 Å². The van der Waals surface area contributed by atoms with Crippen molar-refractivity contribution in [1.29, 1.82) is 0 Å². The van der Waals surface area contributed by atoms with Gasteiger partial charge in [0.05, 0.1) is 27.8 Å². The summed E-state index contributed by atoms with van der Waals surface area (Å²) in [6.07, 6.45) is 0.864. The van der Waals surface area contributed by atoms with Gasteiger partial charge in [0.15, 0.2) is 0 Å². The van der Waals surface area contributed by atoms with Gasteiger partial charge in [-0.2, -0.15) is 0 Å². The standard InChI is InChI=1S/C19H25N3O5S2.H2/c1-21(2)29(25,26)17-10-8-16(9-11-17)28(23,24)20-18-6-3-4-7-19(18)22-12-5-14-27-15-13-22;/h3-4,6-11,20H,5,12-15H2,1-2H3;1H. The number of para-hydroxylation sites is 2. The van der Waals surface area contributed by atoms with E-state index in [0.717, 1.165) is 23.0 Å². The molecule has 0 saturated carbocycles. The van der Waals surface area contributed by atoms with E-state index >= 15 is 0 Å². The van der Waals surface area contributed by atoms with Crippen LogP contribution in [0.25, 0.3) is 0 Å². The Balaban J connectivity index is 0.00000320. The van der Waals surface area contributed by atoms with E-state index in [4.69, 9.17) is 4.74 Å². The van der Waals surface area contributed by atoms with Crippen molar-refractivity contribution in [3.63, 3.8) is 0 Å². The third-order valence-electron chi connectivity index (χ3n) is 4.62. The molecule has 0 radical (unpaired) electrons. The molecule has 0 atom stereocenters. The van der Waals surface area contributed by atoms with Gasteiger partial charge >= 0.3 is 0 Å². The molecule has 2 aromatic rings. The number of sulfonamides is 2. The zero-order valence-corrected chi connectivity index (χ0v) is 18.0. The van der Waals surface area contributed by atoms with E-state index in [1.807, 2.05) is 12.1 Å². The molecule has 1 saturated heterocycles. The molecule has 1 heterocycles. The number of ether oxygens (including phenoxy) is 1. The van der Waals surface area contributed by atoms with Crippen LogP contribution >= 0.6 is 0 Å². The highest BCUT2D eigenvalue weighted by atomic mass is 32.2. The van der Waals surface area contributed by atoms with Crippen molar-refractivity contribution in [2.45, 2.75) is 16.2 Å². The lowest BCUT2D eigenvalue weighted by atomic mass is 10.2. The molecule has 0 bridgehead atoms. The van der Waals surface area contributed by atoms with Crippen molar-refractivity contribution in [3.05, 3.63) is 48.5 Å². The molecular formula is C19H27N3O5S2. The fourth-order valence-electron chi connectivity index (χ4n) is 3.03. The maximum Gasteiger partial charge on any atom is 0.261 e. The minimum absolute atomic E-state index is 0. The number of hydrogen-bond donors (Lipinski definition) is 1. The Labute approximate surface area is 173 Å². The molecule has 29 heavy (non-hydrogen) atoms. The van der Waals surface area contributed by atoms with Gasteiger partial charge in [0.1, 0.15) is 0 Å². The van der Waals surface area contributed by atoms with Crippen molar-refractivity contribution in [2.24, 2.45) is 0 Å². The first kappa shape index (κ1) is 21.6. The van der Waals surface area contributed by atoms with E-state index in [1.54, 1.807) is 12.1 Å². The monoisotopic (exact) mass is 441 g/mol. The lowest BCUT2D eigenvalue weighted by Crippen LogP contribution is -2.27. The summed E-state index contributed by atoms with van der Waals surface area (Å²) in [5, 5.41) is 0. The van der Waals surface area contributed by atoms with Crippen LogP contribution in [0.4, 0.5) is 11.4 Å². The van der Waals surface area contributed by atoms with Gasteiger partial charge in [0.2, 0.25) is 10.0 Å². The molecule has 2 aromatic carbocycles. The fraction of sp³-hybridized carbons (Fsp3) is 0.368. The Morgan fingerprint density at radius 3 is 2.28 bits per heavy atom. The van der Waals surface area contributed by atoms with E-state index in [1.165, 1.54) is 38.4 Å². The first-order valence-corrected chi connectivity index (χ1v) is 12.1. The Bertz CT molecular complexity index is 1050. The second-order valence-corrected chi connectivity index (χ2v) is 10.7. The molecular weight excluding hydrogens is 414 g/mol. The number of rotatable bonds is 6. The lowest BCUT2D eigenvalue weighted by Gasteiger charge is -2.25. The SMILES string of the molecule is CN(C)S(=O)(=O)c1ccc(S(=O)(=O)Nc2ccccc2N2CCCOCC2)cc1.[HH]. The third-order valence-corrected chi connectivity index (χ3v) is 7.83. The van der Waals surface area contributed by atoms with Gasteiger partial charge in [-0.1, -0.05) is 12.1 Å². The summed E-state index contributed by atoms with van der Waals surface area (Å²) in [7, 11) is -4.66. The van der Waals surface area contributed by atoms with Crippen LogP contribution < -0.4 is 9.62 Å². The quantitative estimate of drug-likeness (QED) is 0.738. The van der Waals surface area contributed by atoms with Crippen LogP contribution in [-0.2, 0) is 24.8 Å². The van der Waals surface area contributed by atoms with Crippen LogP contribution in [0.2, 0.25) is 0 Å². The van der Waals surface area contributed by atoms with E-state index in [2.05, 4.69) is 9.62 Å². The van der Waals surface area contributed by atoms with E-state index in [-0.39, 0.29) is 11.2 Å². The Hall–Kier alpha value is -2.14. The topological polar surface area (TPSA) is 96.0 Å². The Kier molecular flexibility index (Phi) is 6.47. The lowest BCUT2D eigenvalue weighted by molar-refractivity contribution is 0.152. The Morgan fingerprint density at radius 1 is 0.931 bits per heavy atom. The van der Waals surface area contributed by atoms with E-state index in [0.29, 0.717) is 25.4 Å². The zero-order chi connectivity index (χ0) is 21.1. The summed E-state index contributed by atoms with van der Waals surface area (Å²) in [4.78, 5) is 2.12. The minimum atomic E-state index is -3.88. The minimum Gasteiger partial charge on any atom is -0.380 e. The number of benzene rings is 2. The molecule has 0 unspecified atom stereocenters. The fourth-order valence-corrected chi connectivity index (χ4v) is 5.00. The highest BCUT2D eigenvalue weighted by Crippen LogP contribution is 2.29. The average molecular weight is 442 g/mol. The van der Waals surface area contributed by atoms with Gasteiger partial charge in [-0.3, -0.25) is 4.72 Å². The van der Waals surface area contributed by atoms with Crippen LogP contribution in [0.15, 0.2) is 58.3 Å². The molecule has 0 aliphatic carbocycles. The summed E-state index contributed by atoms with van der Waals surface area (Å²) < 4.78 is 59.3. The highest BCUT2D eigenvalue weighted by Gasteiger charge is 2.21. The third kappa shape index (κ3) is 4.89. The highest BCUT2D eigenvalue weighted by molar-refractivity contribution is 7.92. The maximum absolute atomic E-state index is 12.9. The summed E-state index contributed by atoms with van der Waals surface area (Å²) in [6, 6.07) is 12.4. The number of nitrogens with zero attached hydrogens (tertiary/aromatic N) is 2. The van der Waals surface area contributed by atoms with Crippen LogP contribution in [0.3, 0.4) is 0 Å². The molecule has 0 aromatic heterocycles. The van der Waals surface area contributed by atoms with Crippen molar-refractivity contribution in [1.82, 2.24) is 4.31 Å². The molecule has 160 valence electrons. The van der Waals surface area contributed by atoms with Crippen LogP contribution in [0, 0.1) is 0 Å². The summed E-state index contributed by atoms with van der Waals surface area (Å²) in [5.74, 6) is 0. The second-order valence-electron chi connectivity index (χ2n) is 6.83. The van der Waals surface area contributed by atoms with Gasteiger partial charge in [-0.05, 0) is 42.8 Å². The molecule has 3 rings (SSSR count). The number of nitrogens with one attached hydrogen (secondary N) is 1. The number of anilines is 2. The maximum atomic E-state index is 12.9. The van der Waals surface area contributed by atoms with Crippen LogP contribution in [0.1, 0.15) is 7.85 Å². The Morgan fingerprint density at radius 2 is 1.59 bits per heavy atom. The molecule has 8 nitrogen and oxygen atoms in total. The predicted octanol–water partition coefficient (Wildman–Crippen LogP) is 2.21. The molecule has 1 fully saturated rings. The molecule has 1 N–H and O–H groups in total. The van der Waals surface area contributed by atoms with Crippen molar-refractivity contribution in [2.75, 3.05) is 50.0 Å². The predicted molar refractivity (Wildman–Crippen MR) is 114 cm³/mol. The van der Waals surface area contributed by atoms with Gasteiger partial charge in [0.25, 0.3) is 10.0 Å². The van der Waals surface area contributed by atoms with Gasteiger partial charge in [0, 0.05) is 35.2 Å². The zero-order valence-electron chi connectivity index (χ0n) is 16.4. The summed E-state index contributed by atoms with van der Waals surface area (Å²) >= 11 is 0. The van der Waals surface area contributed by atoms with Crippen LogP contribution in [-0.4, -0.2) is 61.5 Å². The van der Waals surface area contributed by atoms with Gasteiger partial charge in [-0.25, -0.2) is 21.1 Å². The second kappa shape index (κ2) is 8.70. The van der Waals surface area contributed by atoms with Crippen LogP contribution in [0.5, 0.6) is 0 Å². The molecule has 1 aliphatic rings. The first-order chi connectivity index (χ1) is 13.7. The van der Waals surface area contributed by atoms with Crippen molar-refractivity contribution in [3.8, 4) is 0 Å². The number of hydrogen-bond acceptors (Lipinski definition) is 6. The first-order valence-electron chi connectivity index (χ1n) is 9.19. The van der Waals surface area contributed by atoms with E-state index in [9.17, 15) is 16.8 Å². The average Bonchev–Trinajstić information content (AvgIpc) is 2.97. The van der Waals surface area contributed by atoms with Crippen molar-refractivity contribution < 1.29 is 23.0 Å². The smallest absolute Gasteiger partial charge is 0.261 e. The summed E-state index contributed by atoms with van der Waals surface area (Å²) in [5.41, 5.74) is 1.26. The molecule has 0 amide bonds. The molecule has 10 heteroatoms. The normalized spacial score (nSPS) is 15.9. The van der Waals surface area contributed by atoms with Gasteiger partial charge < -0.3 is 9.64 Å². The summed E-state index contributed by atoms with van der Waals surface area (Å²) in [6.45, 7) is 2.72. The largest absolute Gasteiger partial charge is 0.380 e. The molecule has 1 aliphatic heterocycles.